The van der Waals surface area contributed by atoms with Crippen LogP contribution < -0.4 is 10.1 Å². The third-order valence-corrected chi connectivity index (χ3v) is 5.23. The van der Waals surface area contributed by atoms with Crippen LogP contribution in [0.25, 0.3) is 11.0 Å². The molecule has 6 nitrogen and oxygen atoms in total. The molecule has 146 valence electrons. The lowest BCUT2D eigenvalue weighted by molar-refractivity contribution is -0.118. The van der Waals surface area contributed by atoms with Crippen molar-refractivity contribution in [3.05, 3.63) is 53.3 Å². The number of imidazole rings is 1. The van der Waals surface area contributed by atoms with Gasteiger partial charge in [-0.1, -0.05) is 11.6 Å². The van der Waals surface area contributed by atoms with Gasteiger partial charge in [0.1, 0.15) is 11.6 Å². The first-order valence-corrected chi connectivity index (χ1v) is 9.79. The van der Waals surface area contributed by atoms with Gasteiger partial charge in [-0.3, -0.25) is 9.69 Å². The van der Waals surface area contributed by atoms with Gasteiger partial charge in [0.05, 0.1) is 17.6 Å². The van der Waals surface area contributed by atoms with Gasteiger partial charge < -0.3 is 14.6 Å². The molecule has 1 N–H and O–H groups in total. The number of nitrogens with zero attached hydrogens (tertiary/aromatic N) is 3. The highest BCUT2D eigenvalue weighted by atomic mass is 35.5. The highest BCUT2D eigenvalue weighted by Crippen LogP contribution is 2.24. The van der Waals surface area contributed by atoms with Crippen LogP contribution in [0.4, 0.5) is 5.69 Å². The van der Waals surface area contributed by atoms with Crippen molar-refractivity contribution in [3.8, 4) is 5.75 Å². The molecule has 2 aromatic carbocycles. The van der Waals surface area contributed by atoms with E-state index in [1.54, 1.807) is 24.3 Å². The van der Waals surface area contributed by atoms with Crippen LogP contribution in [0.2, 0.25) is 5.02 Å². The van der Waals surface area contributed by atoms with Crippen molar-refractivity contribution in [3.63, 3.8) is 0 Å². The number of carbonyl (C=O) groups excluding carboxylic acids is 1. The van der Waals surface area contributed by atoms with Crippen LogP contribution in [-0.4, -0.2) is 39.6 Å². The Balaban J connectivity index is 1.43. The monoisotopic (exact) mass is 398 g/mol. The second-order valence-corrected chi connectivity index (χ2v) is 7.67. The number of nitrogens with one attached hydrogen (secondary N) is 1. The molecule has 0 bridgehead atoms. The average Bonchev–Trinajstić information content (AvgIpc) is 3.04. The third kappa shape index (κ3) is 3.98. The van der Waals surface area contributed by atoms with Crippen LogP contribution in [0.5, 0.6) is 5.75 Å². The highest BCUT2D eigenvalue weighted by molar-refractivity contribution is 6.30. The van der Waals surface area contributed by atoms with E-state index in [-0.39, 0.29) is 12.5 Å². The van der Waals surface area contributed by atoms with Gasteiger partial charge in [0.2, 0.25) is 0 Å². The first-order valence-electron chi connectivity index (χ1n) is 9.41. The summed E-state index contributed by atoms with van der Waals surface area (Å²) in [5.41, 5.74) is 2.72. The van der Waals surface area contributed by atoms with Crippen LogP contribution in [0, 0.1) is 0 Å². The Morgan fingerprint density at radius 3 is 2.75 bits per heavy atom. The minimum Gasteiger partial charge on any atom is -0.484 e. The SMILES string of the molecule is CC(C)N1CCn2c(nc3cc(NC(=O)COc4ccc(Cl)cc4)ccc32)C1. The quantitative estimate of drug-likeness (QED) is 0.707. The van der Waals surface area contributed by atoms with Crippen molar-refractivity contribution in [1.82, 2.24) is 14.5 Å². The normalized spacial score (nSPS) is 14.3. The molecule has 0 saturated carbocycles. The summed E-state index contributed by atoms with van der Waals surface area (Å²) < 4.78 is 7.75. The number of carbonyl (C=O) groups is 1. The van der Waals surface area contributed by atoms with Gasteiger partial charge in [-0.15, -0.1) is 0 Å². The number of rotatable bonds is 5. The van der Waals surface area contributed by atoms with Crippen LogP contribution in [0.3, 0.4) is 0 Å². The summed E-state index contributed by atoms with van der Waals surface area (Å²) in [7, 11) is 0. The Hall–Kier alpha value is -2.57. The lowest BCUT2D eigenvalue weighted by atomic mass is 10.2. The van der Waals surface area contributed by atoms with E-state index in [4.69, 9.17) is 21.3 Å². The van der Waals surface area contributed by atoms with Crippen molar-refractivity contribution in [2.45, 2.75) is 33.0 Å². The van der Waals surface area contributed by atoms with Crippen molar-refractivity contribution in [2.24, 2.45) is 0 Å². The molecule has 7 heteroatoms. The summed E-state index contributed by atoms with van der Waals surface area (Å²) in [5.74, 6) is 1.46. The maximum Gasteiger partial charge on any atom is 0.262 e. The fourth-order valence-electron chi connectivity index (χ4n) is 3.43. The molecule has 0 spiro atoms. The molecule has 2 heterocycles. The lowest BCUT2D eigenvalue weighted by Gasteiger charge is -2.30. The van der Waals surface area contributed by atoms with E-state index >= 15 is 0 Å². The molecule has 3 aromatic rings. The Morgan fingerprint density at radius 2 is 2.00 bits per heavy atom. The van der Waals surface area contributed by atoms with Gasteiger partial charge in [-0.25, -0.2) is 4.98 Å². The highest BCUT2D eigenvalue weighted by Gasteiger charge is 2.21. The van der Waals surface area contributed by atoms with Gasteiger partial charge in [-0.05, 0) is 56.3 Å². The Labute approximate surface area is 169 Å². The fraction of sp³-hybridized carbons (Fsp3) is 0.333. The molecule has 0 saturated heterocycles. The fourth-order valence-corrected chi connectivity index (χ4v) is 3.56. The van der Waals surface area contributed by atoms with Crippen molar-refractivity contribution < 1.29 is 9.53 Å². The molecule has 4 rings (SSSR count). The van der Waals surface area contributed by atoms with Crippen molar-refractivity contribution in [2.75, 3.05) is 18.5 Å². The number of aromatic nitrogens is 2. The first-order chi connectivity index (χ1) is 13.5. The number of halogens is 1. The summed E-state index contributed by atoms with van der Waals surface area (Å²) >= 11 is 5.85. The molecule has 1 aliphatic heterocycles. The second-order valence-electron chi connectivity index (χ2n) is 7.24. The van der Waals surface area contributed by atoms with Crippen molar-refractivity contribution in [1.29, 1.82) is 0 Å². The van der Waals surface area contributed by atoms with Gasteiger partial charge in [0.25, 0.3) is 5.91 Å². The summed E-state index contributed by atoms with van der Waals surface area (Å²) in [6, 6.07) is 13.3. The topological polar surface area (TPSA) is 59.4 Å². The van der Waals surface area contributed by atoms with E-state index in [1.165, 1.54) is 0 Å². The van der Waals surface area contributed by atoms with E-state index in [0.29, 0.717) is 22.5 Å². The van der Waals surface area contributed by atoms with Crippen molar-refractivity contribution >= 4 is 34.2 Å². The molecule has 0 atom stereocenters. The molecular formula is C21H23ClN4O2. The van der Waals surface area contributed by atoms with Crippen LogP contribution in [0.15, 0.2) is 42.5 Å². The molecule has 0 aliphatic carbocycles. The van der Waals surface area contributed by atoms with Gasteiger partial charge in [0, 0.05) is 29.8 Å². The Morgan fingerprint density at radius 1 is 1.21 bits per heavy atom. The third-order valence-electron chi connectivity index (χ3n) is 4.98. The molecule has 0 radical (unpaired) electrons. The summed E-state index contributed by atoms with van der Waals surface area (Å²) in [5, 5.41) is 3.50. The molecule has 0 fully saturated rings. The zero-order valence-electron chi connectivity index (χ0n) is 16.0. The van der Waals surface area contributed by atoms with E-state index in [0.717, 1.165) is 36.5 Å². The van der Waals surface area contributed by atoms with E-state index < -0.39 is 0 Å². The molecule has 0 unspecified atom stereocenters. The van der Waals surface area contributed by atoms with Crippen LogP contribution >= 0.6 is 11.6 Å². The zero-order valence-corrected chi connectivity index (χ0v) is 16.7. The van der Waals surface area contributed by atoms with Gasteiger partial charge in [-0.2, -0.15) is 0 Å². The molecule has 1 amide bonds. The Bertz CT molecular complexity index is 998. The average molecular weight is 399 g/mol. The number of ether oxygens (including phenoxy) is 1. The molecule has 28 heavy (non-hydrogen) atoms. The minimum atomic E-state index is -0.218. The minimum absolute atomic E-state index is 0.0668. The summed E-state index contributed by atoms with van der Waals surface area (Å²) in [6.07, 6.45) is 0. The number of hydrogen-bond acceptors (Lipinski definition) is 4. The van der Waals surface area contributed by atoms with Crippen LogP contribution in [0.1, 0.15) is 19.7 Å². The second kappa shape index (κ2) is 7.81. The van der Waals surface area contributed by atoms with Gasteiger partial charge >= 0.3 is 0 Å². The van der Waals surface area contributed by atoms with E-state index in [1.807, 2.05) is 18.2 Å². The number of anilines is 1. The summed E-state index contributed by atoms with van der Waals surface area (Å²) in [4.78, 5) is 19.4. The predicted molar refractivity (Wildman–Crippen MR) is 111 cm³/mol. The zero-order chi connectivity index (χ0) is 19.7. The number of benzene rings is 2. The molecule has 1 aromatic heterocycles. The predicted octanol–water partition coefficient (Wildman–Crippen LogP) is 3.93. The van der Waals surface area contributed by atoms with Gasteiger partial charge in [0.15, 0.2) is 6.61 Å². The maximum absolute atomic E-state index is 12.2. The van der Waals surface area contributed by atoms with E-state index in [2.05, 4.69) is 28.6 Å². The standard InChI is InChI=1S/C21H23ClN4O2/c1-14(2)25-9-10-26-19-8-5-16(11-18(19)24-20(26)12-25)23-21(27)13-28-17-6-3-15(22)4-7-17/h3-8,11,14H,9-10,12-13H2,1-2H3,(H,23,27). The summed E-state index contributed by atoms with van der Waals surface area (Å²) in [6.45, 7) is 7.16. The van der Waals surface area contributed by atoms with E-state index in [9.17, 15) is 4.79 Å². The largest absolute Gasteiger partial charge is 0.484 e. The lowest BCUT2D eigenvalue weighted by Crippen LogP contribution is -2.38. The molecule has 1 aliphatic rings. The Kier molecular flexibility index (Phi) is 5.24. The number of hydrogen-bond donors (Lipinski definition) is 1. The van der Waals surface area contributed by atoms with Crippen LogP contribution in [-0.2, 0) is 17.9 Å². The number of amides is 1. The number of fused-ring (bicyclic) bond motifs is 3. The maximum atomic E-state index is 12.2. The smallest absolute Gasteiger partial charge is 0.262 e. The first kappa shape index (κ1) is 18.8. The molecular weight excluding hydrogens is 376 g/mol.